The summed E-state index contributed by atoms with van der Waals surface area (Å²) >= 11 is 0. The fraction of sp³-hybridized carbons (Fsp3) is 0.0556. The first-order valence-corrected chi connectivity index (χ1v) is 7.47. The van der Waals surface area contributed by atoms with E-state index in [1.54, 1.807) is 30.3 Å². The summed E-state index contributed by atoms with van der Waals surface area (Å²) in [4.78, 5) is 8.13. The van der Waals surface area contributed by atoms with Crippen LogP contribution in [0.1, 0.15) is 11.1 Å². The van der Waals surface area contributed by atoms with E-state index in [9.17, 15) is 13.2 Å². The van der Waals surface area contributed by atoms with E-state index in [1.165, 1.54) is 18.5 Å². The first kappa shape index (κ1) is 17.2. The Labute approximate surface area is 147 Å². The summed E-state index contributed by atoms with van der Waals surface area (Å²) in [6.07, 6.45) is -3.05. The largest absolute Gasteiger partial charge is 0.416 e. The monoisotopic (exact) mass is 355 g/mol. The summed E-state index contributed by atoms with van der Waals surface area (Å²) < 4.78 is 37.8. The van der Waals surface area contributed by atoms with Gasteiger partial charge in [0.2, 0.25) is 0 Å². The molecular formula is C18H12F3N5. The van der Waals surface area contributed by atoms with Gasteiger partial charge in [-0.25, -0.2) is 9.97 Å². The Morgan fingerprint density at radius 3 is 2.12 bits per heavy atom. The Morgan fingerprint density at radius 1 is 0.846 bits per heavy atom. The Hall–Kier alpha value is -3.60. The van der Waals surface area contributed by atoms with Gasteiger partial charge >= 0.3 is 6.18 Å². The zero-order chi connectivity index (χ0) is 18.6. The van der Waals surface area contributed by atoms with E-state index < -0.39 is 11.7 Å². The van der Waals surface area contributed by atoms with Crippen LogP contribution in [0.4, 0.5) is 36.2 Å². The predicted molar refractivity (Wildman–Crippen MR) is 91.2 cm³/mol. The van der Waals surface area contributed by atoms with Crippen LogP contribution in [0.3, 0.4) is 0 Å². The van der Waals surface area contributed by atoms with Gasteiger partial charge in [-0.15, -0.1) is 0 Å². The third-order valence-electron chi connectivity index (χ3n) is 3.42. The van der Waals surface area contributed by atoms with Gasteiger partial charge in [0.1, 0.15) is 18.0 Å². The molecule has 0 aliphatic heterocycles. The number of benzene rings is 2. The summed E-state index contributed by atoms with van der Waals surface area (Å²) in [5, 5.41) is 14.9. The number of alkyl halides is 3. The standard InChI is InChI=1S/C18H12F3N5/c19-18(20,21)13-4-6-14(7-5-13)25-16-9-17(24-11-23-16)26-15-3-1-2-12(8-15)10-22/h1-9,11H,(H2,23,24,25,26). The van der Waals surface area contributed by atoms with Gasteiger partial charge in [0.25, 0.3) is 0 Å². The molecule has 0 unspecified atom stereocenters. The summed E-state index contributed by atoms with van der Waals surface area (Å²) in [6.45, 7) is 0. The minimum Gasteiger partial charge on any atom is -0.340 e. The highest BCUT2D eigenvalue weighted by atomic mass is 19.4. The molecule has 0 radical (unpaired) electrons. The van der Waals surface area contributed by atoms with Gasteiger partial charge in [-0.05, 0) is 42.5 Å². The highest BCUT2D eigenvalue weighted by molar-refractivity contribution is 5.63. The van der Waals surface area contributed by atoms with E-state index in [1.807, 2.05) is 6.07 Å². The fourth-order valence-corrected chi connectivity index (χ4v) is 2.20. The summed E-state index contributed by atoms with van der Waals surface area (Å²) in [5.74, 6) is 0.892. The molecule has 3 rings (SSSR count). The molecular weight excluding hydrogens is 343 g/mol. The number of nitrogens with one attached hydrogen (secondary N) is 2. The lowest BCUT2D eigenvalue weighted by molar-refractivity contribution is -0.137. The van der Waals surface area contributed by atoms with Gasteiger partial charge in [-0.2, -0.15) is 18.4 Å². The van der Waals surface area contributed by atoms with Gasteiger partial charge in [0.05, 0.1) is 17.2 Å². The molecule has 0 aliphatic carbocycles. The molecule has 0 saturated carbocycles. The van der Waals surface area contributed by atoms with Crippen molar-refractivity contribution in [2.24, 2.45) is 0 Å². The van der Waals surface area contributed by atoms with Crippen molar-refractivity contribution in [2.75, 3.05) is 10.6 Å². The van der Waals surface area contributed by atoms with Crippen molar-refractivity contribution in [3.8, 4) is 6.07 Å². The summed E-state index contributed by atoms with van der Waals surface area (Å²) in [7, 11) is 0. The zero-order valence-electron chi connectivity index (χ0n) is 13.2. The summed E-state index contributed by atoms with van der Waals surface area (Å²) in [5.41, 5.74) is 0.940. The van der Waals surface area contributed by atoms with Crippen molar-refractivity contribution in [2.45, 2.75) is 6.18 Å². The molecule has 8 heteroatoms. The highest BCUT2D eigenvalue weighted by Crippen LogP contribution is 2.30. The number of hydrogen-bond acceptors (Lipinski definition) is 5. The zero-order valence-corrected chi connectivity index (χ0v) is 13.2. The molecule has 0 atom stereocenters. The van der Waals surface area contributed by atoms with E-state index in [0.717, 1.165) is 12.1 Å². The van der Waals surface area contributed by atoms with Crippen LogP contribution in [0.25, 0.3) is 0 Å². The molecule has 0 amide bonds. The molecule has 1 aromatic heterocycles. The molecule has 130 valence electrons. The molecule has 0 spiro atoms. The molecule has 1 heterocycles. The van der Waals surface area contributed by atoms with Crippen molar-refractivity contribution >= 4 is 23.0 Å². The maximum Gasteiger partial charge on any atom is 0.416 e. The first-order valence-electron chi connectivity index (χ1n) is 7.47. The van der Waals surface area contributed by atoms with Gasteiger partial charge in [-0.3, -0.25) is 0 Å². The second-order valence-electron chi connectivity index (χ2n) is 5.31. The van der Waals surface area contributed by atoms with Crippen LogP contribution in [0.15, 0.2) is 60.9 Å². The topological polar surface area (TPSA) is 73.6 Å². The quantitative estimate of drug-likeness (QED) is 0.699. The number of rotatable bonds is 4. The Kier molecular flexibility index (Phi) is 4.71. The maximum atomic E-state index is 12.6. The van der Waals surface area contributed by atoms with Crippen LogP contribution < -0.4 is 10.6 Å². The van der Waals surface area contributed by atoms with Crippen molar-refractivity contribution < 1.29 is 13.2 Å². The van der Waals surface area contributed by atoms with E-state index in [0.29, 0.717) is 28.6 Å². The van der Waals surface area contributed by atoms with Gasteiger partial charge < -0.3 is 10.6 Å². The molecule has 0 fully saturated rings. The van der Waals surface area contributed by atoms with Crippen molar-refractivity contribution in [3.63, 3.8) is 0 Å². The lowest BCUT2D eigenvalue weighted by Crippen LogP contribution is -2.04. The molecule has 2 N–H and O–H groups in total. The average Bonchev–Trinajstić information content (AvgIpc) is 2.62. The first-order chi connectivity index (χ1) is 12.4. The second kappa shape index (κ2) is 7.11. The number of hydrogen-bond donors (Lipinski definition) is 2. The van der Waals surface area contributed by atoms with Crippen molar-refractivity contribution in [1.29, 1.82) is 5.26 Å². The van der Waals surface area contributed by atoms with Crippen LogP contribution in [-0.2, 0) is 6.18 Å². The number of aromatic nitrogens is 2. The highest BCUT2D eigenvalue weighted by Gasteiger charge is 2.29. The van der Waals surface area contributed by atoms with Crippen LogP contribution in [0.5, 0.6) is 0 Å². The van der Waals surface area contributed by atoms with E-state index in [2.05, 4.69) is 20.6 Å². The minimum absolute atomic E-state index is 0.415. The molecule has 0 bridgehead atoms. The average molecular weight is 355 g/mol. The number of halogens is 3. The third kappa shape index (κ3) is 4.27. The predicted octanol–water partition coefficient (Wildman–Crippen LogP) is 4.85. The lowest BCUT2D eigenvalue weighted by atomic mass is 10.2. The third-order valence-corrected chi connectivity index (χ3v) is 3.42. The molecule has 3 aromatic rings. The number of nitrogens with zero attached hydrogens (tertiary/aromatic N) is 3. The van der Waals surface area contributed by atoms with E-state index >= 15 is 0 Å². The van der Waals surface area contributed by atoms with E-state index in [4.69, 9.17) is 5.26 Å². The smallest absolute Gasteiger partial charge is 0.340 e. The maximum absolute atomic E-state index is 12.6. The molecule has 26 heavy (non-hydrogen) atoms. The van der Waals surface area contributed by atoms with Crippen LogP contribution in [0.2, 0.25) is 0 Å². The van der Waals surface area contributed by atoms with Crippen molar-refractivity contribution in [3.05, 3.63) is 72.1 Å². The molecule has 2 aromatic carbocycles. The van der Waals surface area contributed by atoms with Gasteiger partial charge in [0.15, 0.2) is 0 Å². The molecule has 5 nitrogen and oxygen atoms in total. The normalized spacial score (nSPS) is 10.8. The Bertz CT molecular complexity index is 946. The SMILES string of the molecule is N#Cc1cccc(Nc2cc(Nc3ccc(C(F)(F)F)cc3)ncn2)c1. The molecule has 0 saturated heterocycles. The van der Waals surface area contributed by atoms with Crippen LogP contribution in [0, 0.1) is 11.3 Å². The van der Waals surface area contributed by atoms with Crippen LogP contribution >= 0.6 is 0 Å². The Balaban J connectivity index is 1.74. The number of anilines is 4. The lowest BCUT2D eigenvalue weighted by Gasteiger charge is -2.10. The van der Waals surface area contributed by atoms with Crippen molar-refractivity contribution in [1.82, 2.24) is 9.97 Å². The fourth-order valence-electron chi connectivity index (χ4n) is 2.20. The minimum atomic E-state index is -4.37. The molecule has 0 aliphatic rings. The van der Waals surface area contributed by atoms with Gasteiger partial charge in [-0.1, -0.05) is 6.07 Å². The second-order valence-corrected chi connectivity index (χ2v) is 5.31. The summed E-state index contributed by atoms with van der Waals surface area (Å²) in [6, 6.07) is 15.2. The van der Waals surface area contributed by atoms with E-state index in [-0.39, 0.29) is 0 Å². The number of nitriles is 1. The Morgan fingerprint density at radius 2 is 1.50 bits per heavy atom. The van der Waals surface area contributed by atoms with Gasteiger partial charge in [0, 0.05) is 17.4 Å². The van der Waals surface area contributed by atoms with Crippen LogP contribution in [-0.4, -0.2) is 9.97 Å².